The van der Waals surface area contributed by atoms with Crippen LogP contribution in [-0.2, 0) is 6.42 Å². The van der Waals surface area contributed by atoms with Crippen LogP contribution in [0.2, 0.25) is 5.02 Å². The fraction of sp³-hybridized carbons (Fsp3) is 0.105. The predicted octanol–water partition coefficient (Wildman–Crippen LogP) is 4.08. The fourth-order valence-electron chi connectivity index (χ4n) is 2.67. The highest BCUT2D eigenvalue weighted by Gasteiger charge is 2.11. The second kappa shape index (κ2) is 7.27. The maximum Gasteiger partial charge on any atom is 0.261 e. The Labute approximate surface area is 159 Å². The maximum atomic E-state index is 12.4. The molecule has 0 spiro atoms. The average molecular weight is 383 g/mol. The first-order chi connectivity index (χ1) is 12.7. The van der Waals surface area contributed by atoms with Gasteiger partial charge in [-0.05, 0) is 42.0 Å². The molecule has 0 unspecified atom stereocenters. The van der Waals surface area contributed by atoms with Crippen LogP contribution >= 0.6 is 22.9 Å². The van der Waals surface area contributed by atoms with Crippen molar-refractivity contribution in [2.45, 2.75) is 6.42 Å². The summed E-state index contributed by atoms with van der Waals surface area (Å²) in [5.41, 5.74) is 1.85. The van der Waals surface area contributed by atoms with Crippen LogP contribution in [-0.4, -0.2) is 27.0 Å². The first-order valence-electron chi connectivity index (χ1n) is 8.13. The lowest BCUT2D eigenvalue weighted by molar-refractivity contribution is 0.0958. The summed E-state index contributed by atoms with van der Waals surface area (Å²) in [5, 5.41) is 11.9. The first kappa shape index (κ1) is 16.8. The number of carbonyl (C=O) groups is 1. The van der Waals surface area contributed by atoms with E-state index in [0.29, 0.717) is 22.9 Å². The van der Waals surface area contributed by atoms with Crippen LogP contribution in [0.4, 0.5) is 0 Å². The topological polar surface area (TPSA) is 59.3 Å². The Morgan fingerprint density at radius 3 is 2.77 bits per heavy atom. The molecule has 5 nitrogen and oxygen atoms in total. The van der Waals surface area contributed by atoms with E-state index in [4.69, 9.17) is 11.6 Å². The minimum atomic E-state index is -0.0796. The summed E-state index contributed by atoms with van der Waals surface area (Å²) in [5.74, 6) is 0.748. The molecule has 0 radical (unpaired) electrons. The number of nitrogens with one attached hydrogen (secondary N) is 1. The Morgan fingerprint density at radius 1 is 1.08 bits per heavy atom. The highest BCUT2D eigenvalue weighted by Crippen LogP contribution is 2.28. The number of rotatable bonds is 5. The number of halogens is 1. The lowest BCUT2D eigenvalue weighted by Crippen LogP contribution is -2.25. The van der Waals surface area contributed by atoms with E-state index in [9.17, 15) is 4.79 Å². The third kappa shape index (κ3) is 3.47. The molecule has 7 heteroatoms. The van der Waals surface area contributed by atoms with Crippen molar-refractivity contribution in [3.8, 4) is 10.4 Å². The molecule has 0 aliphatic rings. The molecule has 4 aromatic rings. The Hall–Kier alpha value is -2.70. The van der Waals surface area contributed by atoms with Gasteiger partial charge in [0.1, 0.15) is 5.82 Å². The second-order valence-electron chi connectivity index (χ2n) is 5.72. The predicted molar refractivity (Wildman–Crippen MR) is 104 cm³/mol. The van der Waals surface area contributed by atoms with Gasteiger partial charge in [-0.1, -0.05) is 29.8 Å². The fourth-order valence-corrected chi connectivity index (χ4v) is 3.72. The number of thiophene rings is 1. The molecule has 4 rings (SSSR count). The van der Waals surface area contributed by atoms with Crippen LogP contribution in [0.5, 0.6) is 0 Å². The zero-order valence-electron chi connectivity index (χ0n) is 13.7. The molecule has 26 heavy (non-hydrogen) atoms. The molecule has 0 saturated heterocycles. The number of amides is 1. The van der Waals surface area contributed by atoms with Gasteiger partial charge in [0, 0.05) is 29.1 Å². The normalized spacial score (nSPS) is 11.0. The van der Waals surface area contributed by atoms with Crippen LogP contribution in [0, 0.1) is 0 Å². The van der Waals surface area contributed by atoms with E-state index in [1.54, 1.807) is 0 Å². The number of aromatic nitrogens is 3. The minimum Gasteiger partial charge on any atom is -0.351 e. The number of pyridine rings is 1. The number of hydrogen-bond donors (Lipinski definition) is 1. The first-order valence-corrected chi connectivity index (χ1v) is 9.33. The van der Waals surface area contributed by atoms with Crippen molar-refractivity contribution in [2.24, 2.45) is 0 Å². The SMILES string of the molecule is O=C(NCCc1nnc2ccccn12)c1ccc(-c2ccc(Cl)cc2)s1. The van der Waals surface area contributed by atoms with E-state index < -0.39 is 0 Å². The molecule has 0 aliphatic heterocycles. The van der Waals surface area contributed by atoms with E-state index in [1.807, 2.05) is 65.2 Å². The van der Waals surface area contributed by atoms with E-state index >= 15 is 0 Å². The van der Waals surface area contributed by atoms with Gasteiger partial charge in [-0.15, -0.1) is 21.5 Å². The summed E-state index contributed by atoms with van der Waals surface area (Å²) < 4.78 is 1.93. The molecule has 3 aromatic heterocycles. The molecule has 1 amide bonds. The van der Waals surface area contributed by atoms with Crippen molar-refractivity contribution in [2.75, 3.05) is 6.54 Å². The molecular formula is C19H15ClN4OS. The number of carbonyl (C=O) groups excluding carboxylic acids is 1. The largest absolute Gasteiger partial charge is 0.351 e. The molecule has 130 valence electrons. The molecule has 0 fully saturated rings. The number of fused-ring (bicyclic) bond motifs is 1. The molecule has 3 heterocycles. The van der Waals surface area contributed by atoms with Crippen molar-refractivity contribution in [1.29, 1.82) is 0 Å². The third-order valence-electron chi connectivity index (χ3n) is 3.98. The zero-order valence-corrected chi connectivity index (χ0v) is 15.3. The van der Waals surface area contributed by atoms with Crippen LogP contribution < -0.4 is 5.32 Å². The molecule has 0 aliphatic carbocycles. The van der Waals surface area contributed by atoms with Gasteiger partial charge in [-0.25, -0.2) is 0 Å². The van der Waals surface area contributed by atoms with Gasteiger partial charge in [0.05, 0.1) is 4.88 Å². The van der Waals surface area contributed by atoms with Gasteiger partial charge in [0.15, 0.2) is 5.65 Å². The van der Waals surface area contributed by atoms with Gasteiger partial charge >= 0.3 is 0 Å². The summed E-state index contributed by atoms with van der Waals surface area (Å²) in [7, 11) is 0. The second-order valence-corrected chi connectivity index (χ2v) is 7.24. The summed E-state index contributed by atoms with van der Waals surface area (Å²) in [6.45, 7) is 0.503. The van der Waals surface area contributed by atoms with Crippen molar-refractivity contribution in [3.63, 3.8) is 0 Å². The highest BCUT2D eigenvalue weighted by atomic mass is 35.5. The van der Waals surface area contributed by atoms with Gasteiger partial charge in [0.2, 0.25) is 0 Å². The van der Waals surface area contributed by atoms with Crippen LogP contribution in [0.15, 0.2) is 60.8 Å². The Bertz CT molecular complexity index is 1050. The molecule has 0 bridgehead atoms. The minimum absolute atomic E-state index is 0.0796. The van der Waals surface area contributed by atoms with Crippen LogP contribution in [0.3, 0.4) is 0 Å². The lowest BCUT2D eigenvalue weighted by atomic mass is 10.2. The smallest absolute Gasteiger partial charge is 0.261 e. The van der Waals surface area contributed by atoms with Crippen molar-refractivity contribution in [1.82, 2.24) is 19.9 Å². The van der Waals surface area contributed by atoms with E-state index in [2.05, 4.69) is 15.5 Å². The Morgan fingerprint density at radius 2 is 1.92 bits per heavy atom. The van der Waals surface area contributed by atoms with Gasteiger partial charge in [-0.3, -0.25) is 9.20 Å². The number of benzene rings is 1. The van der Waals surface area contributed by atoms with Crippen molar-refractivity contribution < 1.29 is 4.79 Å². The average Bonchev–Trinajstić information content (AvgIpc) is 3.30. The molecule has 1 N–H and O–H groups in total. The Balaban J connectivity index is 1.39. The lowest BCUT2D eigenvalue weighted by Gasteiger charge is -2.03. The summed E-state index contributed by atoms with van der Waals surface area (Å²) in [6, 6.07) is 17.1. The number of nitrogens with zero attached hydrogens (tertiary/aromatic N) is 3. The maximum absolute atomic E-state index is 12.4. The van der Waals surface area contributed by atoms with Crippen molar-refractivity contribution in [3.05, 3.63) is 76.5 Å². The standard InChI is InChI=1S/C19H15ClN4OS/c20-14-6-4-13(5-7-14)15-8-9-16(26-15)19(25)21-11-10-18-23-22-17-3-1-2-12-24(17)18/h1-9,12H,10-11H2,(H,21,25). The monoisotopic (exact) mass is 382 g/mol. The highest BCUT2D eigenvalue weighted by molar-refractivity contribution is 7.17. The summed E-state index contributed by atoms with van der Waals surface area (Å²) in [6.07, 6.45) is 2.54. The van der Waals surface area contributed by atoms with E-state index in [0.717, 1.165) is 21.9 Å². The van der Waals surface area contributed by atoms with Gasteiger partial charge in [0.25, 0.3) is 5.91 Å². The van der Waals surface area contributed by atoms with Crippen LogP contribution in [0.1, 0.15) is 15.5 Å². The molecule has 0 saturated carbocycles. The van der Waals surface area contributed by atoms with E-state index in [1.165, 1.54) is 11.3 Å². The molecule has 1 aromatic carbocycles. The van der Waals surface area contributed by atoms with Gasteiger partial charge in [-0.2, -0.15) is 0 Å². The van der Waals surface area contributed by atoms with Crippen molar-refractivity contribution >= 4 is 34.5 Å². The molecule has 0 atom stereocenters. The third-order valence-corrected chi connectivity index (χ3v) is 5.36. The molecular weight excluding hydrogens is 368 g/mol. The van der Waals surface area contributed by atoms with E-state index in [-0.39, 0.29) is 5.91 Å². The number of hydrogen-bond acceptors (Lipinski definition) is 4. The quantitative estimate of drug-likeness (QED) is 0.565. The van der Waals surface area contributed by atoms with Gasteiger partial charge < -0.3 is 5.32 Å². The Kier molecular flexibility index (Phi) is 4.69. The summed E-state index contributed by atoms with van der Waals surface area (Å²) >= 11 is 7.38. The summed E-state index contributed by atoms with van der Waals surface area (Å²) in [4.78, 5) is 14.1. The zero-order chi connectivity index (χ0) is 17.9. The van der Waals surface area contributed by atoms with Crippen LogP contribution in [0.25, 0.3) is 16.1 Å².